The molecule has 0 aromatic heterocycles. The first-order valence-electron chi connectivity index (χ1n) is 14.5. The standard InChI is InChI=1S/C33H38F6O/c1-3-5-6-8-22-11-15-24(16-12-22)40-33(38,39)28-20-19-27(31(36)32(28)37)26-18-17-25(29(34)30(26)35)23-13-9-21(7-4-2)10-14-23/h4,7,15,17-23H,3,5-6,8-14,16H2,1-2H3/b7-4+. The number of allylic oxidation sites excluding steroid dienone is 4. The highest BCUT2D eigenvalue weighted by atomic mass is 19.3. The minimum absolute atomic E-state index is 0.0454. The molecule has 2 aromatic carbocycles. The van der Waals surface area contributed by atoms with Gasteiger partial charge in [0.25, 0.3) is 0 Å². The van der Waals surface area contributed by atoms with Crippen LogP contribution in [-0.2, 0) is 10.8 Å². The van der Waals surface area contributed by atoms with Crippen LogP contribution in [0.25, 0.3) is 11.1 Å². The lowest BCUT2D eigenvalue weighted by Crippen LogP contribution is -2.22. The Morgan fingerprint density at radius 3 is 2.15 bits per heavy atom. The molecule has 0 radical (unpaired) electrons. The first-order valence-corrected chi connectivity index (χ1v) is 14.5. The SMILES string of the molecule is C/C=C/C1CCC(c2ccc(-c3ccc(C(F)(F)OC4=CCC(CCCCC)CC4)c(F)c3F)c(F)c2F)CC1. The van der Waals surface area contributed by atoms with E-state index in [1.807, 2.05) is 13.0 Å². The van der Waals surface area contributed by atoms with Crippen molar-refractivity contribution >= 4 is 0 Å². The predicted octanol–water partition coefficient (Wildman–Crippen LogP) is 11.1. The number of hydrogen-bond donors (Lipinski definition) is 0. The Balaban J connectivity index is 1.50. The first-order chi connectivity index (χ1) is 19.2. The van der Waals surface area contributed by atoms with Gasteiger partial charge in [-0.15, -0.1) is 0 Å². The maximum absolute atomic E-state index is 15.1. The molecule has 1 fully saturated rings. The molecule has 7 heteroatoms. The maximum atomic E-state index is 15.1. The van der Waals surface area contributed by atoms with Crippen LogP contribution in [-0.4, -0.2) is 0 Å². The van der Waals surface area contributed by atoms with Gasteiger partial charge in [-0.2, -0.15) is 8.78 Å². The van der Waals surface area contributed by atoms with Gasteiger partial charge in [-0.25, -0.2) is 17.6 Å². The van der Waals surface area contributed by atoms with Crippen LogP contribution in [0.15, 0.2) is 48.3 Å². The maximum Gasteiger partial charge on any atom is 0.429 e. The summed E-state index contributed by atoms with van der Waals surface area (Å²) in [5.41, 5.74) is -2.22. The van der Waals surface area contributed by atoms with Crippen molar-refractivity contribution in [3.63, 3.8) is 0 Å². The molecule has 1 nitrogen and oxygen atoms in total. The fourth-order valence-electron chi connectivity index (χ4n) is 6.09. The molecule has 0 spiro atoms. The molecule has 0 N–H and O–H groups in total. The summed E-state index contributed by atoms with van der Waals surface area (Å²) in [5, 5.41) is 0. The van der Waals surface area contributed by atoms with E-state index >= 15 is 13.2 Å². The van der Waals surface area contributed by atoms with Crippen molar-refractivity contribution in [2.24, 2.45) is 11.8 Å². The van der Waals surface area contributed by atoms with Gasteiger partial charge in [-0.05, 0) is 80.9 Å². The van der Waals surface area contributed by atoms with Crippen LogP contribution in [0.2, 0.25) is 0 Å². The van der Waals surface area contributed by atoms with Crippen molar-refractivity contribution in [2.45, 2.75) is 96.5 Å². The third-order valence-electron chi connectivity index (χ3n) is 8.43. The lowest BCUT2D eigenvalue weighted by atomic mass is 9.78. The summed E-state index contributed by atoms with van der Waals surface area (Å²) in [6, 6.07) is 4.12. The van der Waals surface area contributed by atoms with Crippen LogP contribution >= 0.6 is 0 Å². The van der Waals surface area contributed by atoms with Crippen LogP contribution in [0.1, 0.15) is 102 Å². The number of rotatable bonds is 10. The highest BCUT2D eigenvalue weighted by molar-refractivity contribution is 5.66. The van der Waals surface area contributed by atoms with E-state index in [0.29, 0.717) is 50.0 Å². The van der Waals surface area contributed by atoms with Crippen LogP contribution < -0.4 is 0 Å². The van der Waals surface area contributed by atoms with E-state index in [0.717, 1.165) is 44.6 Å². The zero-order chi connectivity index (χ0) is 28.9. The summed E-state index contributed by atoms with van der Waals surface area (Å²) < 4.78 is 95.0. The summed E-state index contributed by atoms with van der Waals surface area (Å²) in [6.45, 7) is 4.06. The molecule has 2 aromatic rings. The lowest BCUT2D eigenvalue weighted by molar-refractivity contribution is -0.228. The Kier molecular flexibility index (Phi) is 10.1. The number of benzene rings is 2. The third-order valence-corrected chi connectivity index (χ3v) is 8.43. The second-order valence-corrected chi connectivity index (χ2v) is 11.2. The average molecular weight is 565 g/mol. The zero-order valence-electron chi connectivity index (χ0n) is 23.2. The van der Waals surface area contributed by atoms with E-state index in [-0.39, 0.29) is 17.2 Å². The van der Waals surface area contributed by atoms with Crippen molar-refractivity contribution in [3.05, 3.63) is 82.6 Å². The van der Waals surface area contributed by atoms with Crippen molar-refractivity contribution in [3.8, 4) is 11.1 Å². The molecule has 0 amide bonds. The molecule has 1 unspecified atom stereocenters. The molecule has 40 heavy (non-hydrogen) atoms. The number of unbranched alkanes of at least 4 members (excludes halogenated alkanes) is 2. The largest absolute Gasteiger partial charge is 0.434 e. The zero-order valence-corrected chi connectivity index (χ0v) is 23.2. The van der Waals surface area contributed by atoms with E-state index in [9.17, 15) is 13.2 Å². The number of halogens is 6. The lowest BCUT2D eigenvalue weighted by Gasteiger charge is -2.27. The fraction of sp³-hybridized carbons (Fsp3) is 0.515. The van der Waals surface area contributed by atoms with Crippen LogP contribution in [0.4, 0.5) is 26.3 Å². The van der Waals surface area contributed by atoms with Crippen LogP contribution in [0.3, 0.4) is 0 Å². The molecule has 1 atom stereocenters. The summed E-state index contributed by atoms with van der Waals surface area (Å²) >= 11 is 0. The van der Waals surface area contributed by atoms with Gasteiger partial charge in [0.15, 0.2) is 23.3 Å². The molecule has 0 aliphatic heterocycles. The molecule has 218 valence electrons. The van der Waals surface area contributed by atoms with E-state index in [4.69, 9.17) is 4.74 Å². The van der Waals surface area contributed by atoms with Crippen molar-refractivity contribution in [2.75, 3.05) is 0 Å². The van der Waals surface area contributed by atoms with Crippen molar-refractivity contribution < 1.29 is 31.1 Å². The molecule has 0 heterocycles. The Morgan fingerprint density at radius 2 is 1.52 bits per heavy atom. The number of ether oxygens (including phenoxy) is 1. The first kappa shape index (κ1) is 30.3. The van der Waals surface area contributed by atoms with Gasteiger partial charge in [0.05, 0.1) is 5.76 Å². The molecule has 2 aliphatic carbocycles. The Hall–Kier alpha value is -2.70. The molecule has 0 bridgehead atoms. The average Bonchev–Trinajstić information content (AvgIpc) is 2.93. The Labute approximate surface area is 233 Å². The van der Waals surface area contributed by atoms with E-state index in [1.54, 1.807) is 6.08 Å². The van der Waals surface area contributed by atoms with Crippen LogP contribution in [0.5, 0.6) is 0 Å². The summed E-state index contributed by atoms with van der Waals surface area (Å²) in [7, 11) is 0. The van der Waals surface area contributed by atoms with Gasteiger partial charge in [-0.3, -0.25) is 0 Å². The van der Waals surface area contributed by atoms with Crippen LogP contribution in [0, 0.1) is 35.1 Å². The van der Waals surface area contributed by atoms with Gasteiger partial charge in [0.1, 0.15) is 5.56 Å². The minimum Gasteiger partial charge on any atom is -0.434 e. The second-order valence-electron chi connectivity index (χ2n) is 11.2. The highest BCUT2D eigenvalue weighted by Gasteiger charge is 2.40. The summed E-state index contributed by atoms with van der Waals surface area (Å²) in [5.74, 6) is -5.27. The van der Waals surface area contributed by atoms with E-state index in [1.165, 1.54) is 12.1 Å². The van der Waals surface area contributed by atoms with Gasteiger partial charge < -0.3 is 4.74 Å². The number of hydrogen-bond acceptors (Lipinski definition) is 1. The van der Waals surface area contributed by atoms with E-state index < -0.39 is 46.1 Å². The van der Waals surface area contributed by atoms with Gasteiger partial charge in [0, 0.05) is 17.5 Å². The molecule has 1 saturated carbocycles. The summed E-state index contributed by atoms with van der Waals surface area (Å²) in [4.78, 5) is 0. The highest BCUT2D eigenvalue weighted by Crippen LogP contribution is 2.42. The van der Waals surface area contributed by atoms with E-state index in [2.05, 4.69) is 13.0 Å². The Morgan fingerprint density at radius 1 is 0.850 bits per heavy atom. The van der Waals surface area contributed by atoms with Gasteiger partial charge in [-0.1, -0.05) is 63.0 Å². The topological polar surface area (TPSA) is 9.23 Å². The normalized spacial score (nSPS) is 22.0. The molecule has 2 aliphatic rings. The molecule has 0 saturated heterocycles. The van der Waals surface area contributed by atoms with Gasteiger partial charge in [0.2, 0.25) is 0 Å². The third kappa shape index (κ3) is 6.77. The second kappa shape index (κ2) is 13.3. The Bertz CT molecular complexity index is 1230. The van der Waals surface area contributed by atoms with Crippen molar-refractivity contribution in [1.29, 1.82) is 0 Å². The summed E-state index contributed by atoms with van der Waals surface area (Å²) in [6.07, 6.45) is 10.6. The van der Waals surface area contributed by atoms with Gasteiger partial charge >= 0.3 is 6.11 Å². The predicted molar refractivity (Wildman–Crippen MR) is 146 cm³/mol. The van der Waals surface area contributed by atoms with Crippen molar-refractivity contribution in [1.82, 2.24) is 0 Å². The molecular weight excluding hydrogens is 526 g/mol. The molecule has 4 rings (SSSR count). The fourth-order valence-corrected chi connectivity index (χ4v) is 6.09. The minimum atomic E-state index is -4.12. The smallest absolute Gasteiger partial charge is 0.429 e. The molecular formula is C33H38F6O. The number of alkyl halides is 2. The quantitative estimate of drug-likeness (QED) is 0.158. The monoisotopic (exact) mass is 564 g/mol.